The predicted octanol–water partition coefficient (Wildman–Crippen LogP) is 3.48. The SMILES string of the molecule is O=C(c1cc(S(=O)(=O)N2CCCCC2)ccc1N1CCCC1)N1CCCCCC1. The molecule has 29 heavy (non-hydrogen) atoms. The van der Waals surface area contributed by atoms with Crippen LogP contribution < -0.4 is 4.90 Å². The van der Waals surface area contributed by atoms with Crippen LogP contribution in [0.3, 0.4) is 0 Å². The van der Waals surface area contributed by atoms with E-state index in [9.17, 15) is 13.2 Å². The number of piperidine rings is 1. The van der Waals surface area contributed by atoms with Crippen LogP contribution in [-0.2, 0) is 10.0 Å². The fourth-order valence-corrected chi connectivity index (χ4v) is 6.32. The maximum absolute atomic E-state index is 13.5. The molecule has 0 aromatic heterocycles. The molecule has 0 N–H and O–H groups in total. The van der Waals surface area contributed by atoms with Crippen molar-refractivity contribution in [3.8, 4) is 0 Å². The van der Waals surface area contributed by atoms with Crippen LogP contribution in [0.15, 0.2) is 23.1 Å². The van der Waals surface area contributed by atoms with Gasteiger partial charge in [0.1, 0.15) is 0 Å². The summed E-state index contributed by atoms with van der Waals surface area (Å²) < 4.78 is 28.0. The number of nitrogens with zero attached hydrogens (tertiary/aromatic N) is 3. The van der Waals surface area contributed by atoms with E-state index >= 15 is 0 Å². The van der Waals surface area contributed by atoms with E-state index in [1.165, 1.54) is 0 Å². The molecule has 6 nitrogen and oxygen atoms in total. The van der Waals surface area contributed by atoms with Crippen molar-refractivity contribution >= 4 is 21.6 Å². The van der Waals surface area contributed by atoms with E-state index in [0.29, 0.717) is 18.7 Å². The molecule has 0 bridgehead atoms. The zero-order valence-electron chi connectivity index (χ0n) is 17.3. The van der Waals surface area contributed by atoms with Gasteiger partial charge in [0, 0.05) is 45.0 Å². The largest absolute Gasteiger partial charge is 0.371 e. The molecule has 160 valence electrons. The van der Waals surface area contributed by atoms with Gasteiger partial charge in [0.2, 0.25) is 10.0 Å². The lowest BCUT2D eigenvalue weighted by molar-refractivity contribution is 0.0762. The standard InChI is InChI=1S/C22H33N3O3S/c26-22(24-14-4-1-2-5-15-24)20-18-19(10-11-21(20)23-12-8-9-13-23)29(27,28)25-16-6-3-7-17-25/h10-11,18H,1-9,12-17H2. The number of carbonyl (C=O) groups is 1. The number of rotatable bonds is 4. The number of carbonyl (C=O) groups excluding carboxylic acids is 1. The second-order valence-corrected chi connectivity index (χ2v) is 10.5. The van der Waals surface area contributed by atoms with Crippen LogP contribution >= 0.6 is 0 Å². The zero-order valence-corrected chi connectivity index (χ0v) is 18.1. The van der Waals surface area contributed by atoms with Crippen LogP contribution in [0.5, 0.6) is 0 Å². The van der Waals surface area contributed by atoms with Crippen LogP contribution in [0.4, 0.5) is 5.69 Å². The van der Waals surface area contributed by atoms with Crippen LogP contribution in [-0.4, -0.2) is 62.8 Å². The van der Waals surface area contributed by atoms with Gasteiger partial charge >= 0.3 is 0 Å². The average molecular weight is 420 g/mol. The van der Waals surface area contributed by atoms with E-state index in [-0.39, 0.29) is 10.8 Å². The Labute approximate surface area is 174 Å². The fourth-order valence-electron chi connectivity index (χ4n) is 4.78. The molecule has 4 rings (SSSR count). The molecule has 3 aliphatic rings. The minimum Gasteiger partial charge on any atom is -0.371 e. The van der Waals surface area contributed by atoms with E-state index in [1.807, 2.05) is 11.0 Å². The van der Waals surface area contributed by atoms with Crippen LogP contribution in [0.1, 0.15) is 68.1 Å². The fraction of sp³-hybridized carbons (Fsp3) is 0.682. The van der Waals surface area contributed by atoms with E-state index in [1.54, 1.807) is 16.4 Å². The number of anilines is 1. The highest BCUT2D eigenvalue weighted by atomic mass is 32.2. The van der Waals surface area contributed by atoms with Crippen LogP contribution in [0.25, 0.3) is 0 Å². The summed E-state index contributed by atoms with van der Waals surface area (Å²) in [7, 11) is -3.55. The highest BCUT2D eigenvalue weighted by Gasteiger charge is 2.30. The Morgan fingerprint density at radius 1 is 0.724 bits per heavy atom. The zero-order chi connectivity index (χ0) is 20.3. The van der Waals surface area contributed by atoms with Crippen molar-refractivity contribution in [2.24, 2.45) is 0 Å². The van der Waals surface area contributed by atoms with Gasteiger partial charge in [0.25, 0.3) is 5.91 Å². The lowest BCUT2D eigenvalue weighted by Gasteiger charge is -2.28. The van der Waals surface area contributed by atoms with Crippen molar-refractivity contribution in [1.82, 2.24) is 9.21 Å². The summed E-state index contributed by atoms with van der Waals surface area (Å²) in [6.07, 6.45) is 9.50. The molecule has 3 saturated heterocycles. The molecule has 0 radical (unpaired) electrons. The number of benzene rings is 1. The highest BCUT2D eigenvalue weighted by molar-refractivity contribution is 7.89. The van der Waals surface area contributed by atoms with Crippen molar-refractivity contribution in [3.05, 3.63) is 23.8 Å². The molecule has 0 spiro atoms. The lowest BCUT2D eigenvalue weighted by atomic mass is 10.1. The molecule has 1 amide bonds. The molecule has 0 atom stereocenters. The van der Waals surface area contributed by atoms with Crippen molar-refractivity contribution in [3.63, 3.8) is 0 Å². The Bertz CT molecular complexity index is 820. The van der Waals surface area contributed by atoms with E-state index in [4.69, 9.17) is 0 Å². The van der Waals surface area contributed by atoms with Gasteiger partial charge in [0.15, 0.2) is 0 Å². The Morgan fingerprint density at radius 3 is 1.93 bits per heavy atom. The molecule has 1 aromatic rings. The molecule has 7 heteroatoms. The van der Waals surface area contributed by atoms with E-state index in [2.05, 4.69) is 4.90 Å². The Hall–Kier alpha value is -1.60. The third-order valence-corrected chi connectivity index (χ3v) is 8.39. The summed E-state index contributed by atoms with van der Waals surface area (Å²) in [5.41, 5.74) is 1.46. The van der Waals surface area contributed by atoms with E-state index < -0.39 is 10.0 Å². The first kappa shape index (κ1) is 20.7. The monoisotopic (exact) mass is 419 g/mol. The topological polar surface area (TPSA) is 60.9 Å². The van der Waals surface area contributed by atoms with Gasteiger partial charge in [-0.1, -0.05) is 19.3 Å². The third-order valence-electron chi connectivity index (χ3n) is 6.49. The van der Waals surface area contributed by atoms with Crippen molar-refractivity contribution < 1.29 is 13.2 Å². The summed E-state index contributed by atoms with van der Waals surface area (Å²) in [5, 5.41) is 0. The number of hydrogen-bond acceptors (Lipinski definition) is 4. The first-order chi connectivity index (χ1) is 14.1. The minimum atomic E-state index is -3.55. The van der Waals surface area contributed by atoms with Gasteiger partial charge in [-0.25, -0.2) is 8.42 Å². The van der Waals surface area contributed by atoms with Crippen molar-refractivity contribution in [2.45, 2.75) is 62.7 Å². The highest BCUT2D eigenvalue weighted by Crippen LogP contribution is 2.31. The molecule has 3 fully saturated rings. The minimum absolute atomic E-state index is 0.00973. The molecule has 0 aliphatic carbocycles. The Kier molecular flexibility index (Phi) is 6.44. The van der Waals surface area contributed by atoms with Gasteiger partial charge in [-0.15, -0.1) is 0 Å². The van der Waals surface area contributed by atoms with Gasteiger partial charge in [-0.3, -0.25) is 4.79 Å². The molecule has 1 aromatic carbocycles. The Balaban J connectivity index is 1.69. The maximum Gasteiger partial charge on any atom is 0.256 e. The lowest BCUT2D eigenvalue weighted by Crippen LogP contribution is -2.36. The average Bonchev–Trinajstić information content (AvgIpc) is 3.15. The summed E-state index contributed by atoms with van der Waals surface area (Å²) in [4.78, 5) is 17.9. The summed E-state index contributed by atoms with van der Waals surface area (Å²) in [5.74, 6) is -0.00973. The van der Waals surface area contributed by atoms with Gasteiger partial charge in [-0.2, -0.15) is 4.31 Å². The van der Waals surface area contributed by atoms with E-state index in [0.717, 1.165) is 89.7 Å². The maximum atomic E-state index is 13.5. The number of sulfonamides is 1. The first-order valence-corrected chi connectivity index (χ1v) is 12.7. The van der Waals surface area contributed by atoms with Gasteiger partial charge in [-0.05, 0) is 56.7 Å². The van der Waals surface area contributed by atoms with Crippen LogP contribution in [0, 0.1) is 0 Å². The summed E-state index contributed by atoms with van der Waals surface area (Å²) in [6, 6.07) is 5.23. The number of likely N-dealkylation sites (tertiary alicyclic amines) is 1. The summed E-state index contributed by atoms with van der Waals surface area (Å²) in [6.45, 7) is 4.54. The molecular weight excluding hydrogens is 386 g/mol. The number of hydrogen-bond donors (Lipinski definition) is 0. The van der Waals surface area contributed by atoms with Gasteiger partial charge < -0.3 is 9.80 Å². The molecule has 3 aliphatic heterocycles. The normalized spacial score (nSPS) is 21.9. The van der Waals surface area contributed by atoms with Crippen molar-refractivity contribution in [2.75, 3.05) is 44.2 Å². The molecular formula is C22H33N3O3S. The molecule has 0 saturated carbocycles. The van der Waals surface area contributed by atoms with Crippen molar-refractivity contribution in [1.29, 1.82) is 0 Å². The number of amides is 1. The second kappa shape index (κ2) is 9.04. The van der Waals surface area contributed by atoms with Crippen LogP contribution in [0.2, 0.25) is 0 Å². The smallest absolute Gasteiger partial charge is 0.256 e. The Morgan fingerprint density at radius 2 is 1.28 bits per heavy atom. The summed E-state index contributed by atoms with van der Waals surface area (Å²) >= 11 is 0. The third kappa shape index (κ3) is 4.45. The quantitative estimate of drug-likeness (QED) is 0.750. The molecule has 0 unspecified atom stereocenters. The first-order valence-electron chi connectivity index (χ1n) is 11.3. The predicted molar refractivity (Wildman–Crippen MR) is 115 cm³/mol. The second-order valence-electron chi connectivity index (χ2n) is 8.54. The van der Waals surface area contributed by atoms with Gasteiger partial charge in [0.05, 0.1) is 10.5 Å². The molecule has 3 heterocycles.